The summed E-state index contributed by atoms with van der Waals surface area (Å²) in [4.78, 5) is 14.9. The lowest BCUT2D eigenvalue weighted by atomic mass is 10.1. The van der Waals surface area contributed by atoms with E-state index in [1.54, 1.807) is 11.3 Å². The van der Waals surface area contributed by atoms with Gasteiger partial charge in [0.05, 0.1) is 10.2 Å². The van der Waals surface area contributed by atoms with Crippen molar-refractivity contribution >= 4 is 33.2 Å². The van der Waals surface area contributed by atoms with E-state index in [1.807, 2.05) is 24.1 Å². The molecular weight excluding hydrogens is 300 g/mol. The Morgan fingerprint density at radius 2 is 2.29 bits per heavy atom. The fourth-order valence-corrected chi connectivity index (χ4v) is 3.40. The molecule has 0 unspecified atom stereocenters. The summed E-state index contributed by atoms with van der Waals surface area (Å²) < 4.78 is 1.07. The van der Waals surface area contributed by atoms with E-state index < -0.39 is 0 Å². The van der Waals surface area contributed by atoms with Crippen molar-refractivity contribution in [3.63, 3.8) is 0 Å². The van der Waals surface area contributed by atoms with Gasteiger partial charge in [0.25, 0.3) is 0 Å². The number of nitrogens with zero attached hydrogens (tertiary/aromatic N) is 1. The lowest BCUT2D eigenvalue weighted by molar-refractivity contribution is -0.129. The number of hydrogen-bond donors (Lipinski definition) is 1. The molecule has 1 aromatic heterocycles. The van der Waals surface area contributed by atoms with Crippen LogP contribution in [0.25, 0.3) is 0 Å². The summed E-state index contributed by atoms with van der Waals surface area (Å²) in [6.45, 7) is 1.49. The first kappa shape index (κ1) is 13.1. The van der Waals surface area contributed by atoms with Crippen LogP contribution in [0.5, 0.6) is 0 Å². The molecule has 1 saturated carbocycles. The molecular formula is C12H17BrN2OS. The van der Waals surface area contributed by atoms with Crippen molar-refractivity contribution in [2.75, 3.05) is 20.1 Å². The molecule has 0 bridgehead atoms. The molecule has 5 heteroatoms. The average Bonchev–Trinajstić information content (AvgIpc) is 2.95. The maximum atomic E-state index is 12.0. The number of rotatable bonds is 5. The summed E-state index contributed by atoms with van der Waals surface area (Å²) >= 11 is 5.02. The monoisotopic (exact) mass is 316 g/mol. The van der Waals surface area contributed by atoms with Gasteiger partial charge in [-0.15, -0.1) is 11.3 Å². The lowest BCUT2D eigenvalue weighted by Crippen LogP contribution is -2.36. The van der Waals surface area contributed by atoms with Crippen molar-refractivity contribution < 1.29 is 4.79 Å². The maximum Gasteiger partial charge on any atom is 0.227 e. The van der Waals surface area contributed by atoms with Gasteiger partial charge in [-0.3, -0.25) is 4.79 Å². The van der Waals surface area contributed by atoms with E-state index in [9.17, 15) is 4.79 Å². The fraction of sp³-hybridized carbons (Fsp3) is 0.583. The first-order valence-electron chi connectivity index (χ1n) is 5.73. The standard InChI is InChI=1S/C12H17BrN2OS/c1-15(8-12(7-14)4-5-12)11(16)6-9-2-3-10(13)17-9/h2-3H,4-8,14H2,1H3. The van der Waals surface area contributed by atoms with Crippen LogP contribution in [0.2, 0.25) is 0 Å². The fourth-order valence-electron chi connectivity index (χ4n) is 1.93. The molecule has 1 aromatic rings. The number of hydrogen-bond acceptors (Lipinski definition) is 3. The zero-order chi connectivity index (χ0) is 12.5. The first-order valence-corrected chi connectivity index (χ1v) is 7.34. The summed E-state index contributed by atoms with van der Waals surface area (Å²) in [7, 11) is 1.88. The number of halogens is 1. The van der Waals surface area contributed by atoms with Crippen molar-refractivity contribution in [2.45, 2.75) is 19.3 Å². The molecule has 0 spiro atoms. The first-order chi connectivity index (χ1) is 8.04. The van der Waals surface area contributed by atoms with Crippen molar-refractivity contribution in [1.82, 2.24) is 4.90 Å². The van der Waals surface area contributed by atoms with E-state index in [0.29, 0.717) is 13.0 Å². The Kier molecular flexibility index (Phi) is 3.90. The SMILES string of the molecule is CN(CC1(CN)CC1)C(=O)Cc1ccc(Br)s1. The third-order valence-electron chi connectivity index (χ3n) is 3.34. The lowest BCUT2D eigenvalue weighted by Gasteiger charge is -2.22. The van der Waals surface area contributed by atoms with Crippen molar-refractivity contribution in [3.8, 4) is 0 Å². The van der Waals surface area contributed by atoms with E-state index in [0.717, 1.165) is 28.0 Å². The number of nitrogens with two attached hydrogens (primary N) is 1. The van der Waals surface area contributed by atoms with Gasteiger partial charge in [0.15, 0.2) is 0 Å². The highest BCUT2D eigenvalue weighted by atomic mass is 79.9. The number of carbonyl (C=O) groups is 1. The van der Waals surface area contributed by atoms with E-state index >= 15 is 0 Å². The number of likely N-dealkylation sites (N-methyl/N-ethyl adjacent to an activating group) is 1. The molecule has 17 heavy (non-hydrogen) atoms. The highest BCUT2D eigenvalue weighted by molar-refractivity contribution is 9.11. The van der Waals surface area contributed by atoms with Crippen molar-refractivity contribution in [3.05, 3.63) is 20.8 Å². The van der Waals surface area contributed by atoms with Crippen LogP contribution in [-0.4, -0.2) is 30.9 Å². The molecule has 0 saturated heterocycles. The van der Waals surface area contributed by atoms with Gasteiger partial charge >= 0.3 is 0 Å². The zero-order valence-corrected chi connectivity index (χ0v) is 12.3. The quantitative estimate of drug-likeness (QED) is 0.905. The molecule has 3 nitrogen and oxygen atoms in total. The van der Waals surface area contributed by atoms with E-state index in [4.69, 9.17) is 5.73 Å². The van der Waals surface area contributed by atoms with Crippen LogP contribution < -0.4 is 5.73 Å². The van der Waals surface area contributed by atoms with Gasteiger partial charge in [-0.1, -0.05) is 0 Å². The van der Waals surface area contributed by atoms with Crippen LogP contribution in [-0.2, 0) is 11.2 Å². The van der Waals surface area contributed by atoms with Gasteiger partial charge in [0, 0.05) is 23.9 Å². The second-order valence-corrected chi connectivity index (χ2v) is 7.38. The van der Waals surface area contributed by atoms with Crippen LogP contribution in [0, 0.1) is 5.41 Å². The van der Waals surface area contributed by atoms with Crippen LogP contribution >= 0.6 is 27.3 Å². The number of amides is 1. The average molecular weight is 317 g/mol. The van der Waals surface area contributed by atoms with Crippen LogP contribution in [0.1, 0.15) is 17.7 Å². The maximum absolute atomic E-state index is 12.0. The molecule has 0 radical (unpaired) electrons. The Balaban J connectivity index is 1.87. The topological polar surface area (TPSA) is 46.3 Å². The Morgan fingerprint density at radius 3 is 2.76 bits per heavy atom. The molecule has 1 fully saturated rings. The Hall–Kier alpha value is -0.390. The normalized spacial score (nSPS) is 16.9. The van der Waals surface area contributed by atoms with Gasteiger partial charge in [-0.25, -0.2) is 0 Å². The summed E-state index contributed by atoms with van der Waals surface area (Å²) in [6, 6.07) is 3.98. The third kappa shape index (κ3) is 3.30. The molecule has 0 aliphatic heterocycles. The zero-order valence-electron chi connectivity index (χ0n) is 9.91. The number of thiophene rings is 1. The summed E-state index contributed by atoms with van der Waals surface area (Å²) in [5.41, 5.74) is 5.95. The van der Waals surface area contributed by atoms with Crippen LogP contribution in [0.4, 0.5) is 0 Å². The molecule has 0 atom stereocenters. The second-order valence-electron chi connectivity index (χ2n) is 4.84. The van der Waals surface area contributed by atoms with Crippen molar-refractivity contribution in [1.29, 1.82) is 0 Å². The molecule has 1 heterocycles. The molecule has 2 N–H and O–H groups in total. The van der Waals surface area contributed by atoms with E-state index in [2.05, 4.69) is 15.9 Å². The van der Waals surface area contributed by atoms with Gasteiger partial charge in [-0.05, 0) is 47.4 Å². The van der Waals surface area contributed by atoms with E-state index in [-0.39, 0.29) is 11.3 Å². The predicted octanol–water partition coefficient (Wildman–Crippen LogP) is 2.25. The van der Waals surface area contributed by atoms with Crippen molar-refractivity contribution in [2.24, 2.45) is 11.1 Å². The Morgan fingerprint density at radius 1 is 1.59 bits per heavy atom. The van der Waals surface area contributed by atoms with Gasteiger partial charge in [0.1, 0.15) is 0 Å². The summed E-state index contributed by atoms with van der Waals surface area (Å²) in [5.74, 6) is 0.180. The minimum atomic E-state index is 0.180. The second kappa shape index (κ2) is 5.08. The molecule has 2 rings (SSSR count). The number of carbonyl (C=O) groups excluding carboxylic acids is 1. The minimum Gasteiger partial charge on any atom is -0.345 e. The Bertz CT molecular complexity index is 414. The van der Waals surface area contributed by atoms with Gasteiger partial charge < -0.3 is 10.6 Å². The minimum absolute atomic E-state index is 0.180. The van der Waals surface area contributed by atoms with Gasteiger partial charge in [0.2, 0.25) is 5.91 Å². The molecule has 1 amide bonds. The van der Waals surface area contributed by atoms with Gasteiger partial charge in [-0.2, -0.15) is 0 Å². The highest BCUT2D eigenvalue weighted by Gasteiger charge is 2.42. The third-order valence-corrected chi connectivity index (χ3v) is 4.97. The summed E-state index contributed by atoms with van der Waals surface area (Å²) in [6.07, 6.45) is 2.81. The molecule has 1 aliphatic rings. The van der Waals surface area contributed by atoms with E-state index in [1.165, 1.54) is 0 Å². The Labute approximate surface area is 114 Å². The van der Waals surface area contributed by atoms with Crippen LogP contribution in [0.15, 0.2) is 15.9 Å². The predicted molar refractivity (Wildman–Crippen MR) is 74.1 cm³/mol. The largest absolute Gasteiger partial charge is 0.345 e. The molecule has 0 aromatic carbocycles. The molecule has 1 aliphatic carbocycles. The smallest absolute Gasteiger partial charge is 0.227 e. The highest BCUT2D eigenvalue weighted by Crippen LogP contribution is 2.44. The molecule has 94 valence electrons. The van der Waals surface area contributed by atoms with Crippen LogP contribution in [0.3, 0.4) is 0 Å². The summed E-state index contributed by atoms with van der Waals surface area (Å²) in [5, 5.41) is 0.